The van der Waals surface area contributed by atoms with Crippen molar-refractivity contribution in [3.8, 4) is 0 Å². The van der Waals surface area contributed by atoms with Crippen LogP contribution in [0.5, 0.6) is 0 Å². The molecule has 1 aromatic heterocycles. The van der Waals surface area contributed by atoms with Crippen molar-refractivity contribution in [1.29, 1.82) is 0 Å². The zero-order valence-corrected chi connectivity index (χ0v) is 17.8. The van der Waals surface area contributed by atoms with E-state index in [2.05, 4.69) is 16.0 Å². The number of aliphatic hydroxyl groups is 1. The van der Waals surface area contributed by atoms with Gasteiger partial charge in [0.05, 0.1) is 5.56 Å². The average molecular weight is 449 g/mol. The molecule has 10 heteroatoms. The molecule has 1 aromatic carbocycles. The lowest BCUT2D eigenvalue weighted by atomic mass is 10.0. The zero-order chi connectivity index (χ0) is 21.4. The van der Waals surface area contributed by atoms with Crippen molar-refractivity contribution < 1.29 is 19.5 Å². The van der Waals surface area contributed by atoms with E-state index in [0.29, 0.717) is 35.8 Å². The fraction of sp³-hybridized carbons (Fsp3) is 0.350. The van der Waals surface area contributed by atoms with E-state index < -0.39 is 18.3 Å². The quantitative estimate of drug-likeness (QED) is 0.397. The summed E-state index contributed by atoms with van der Waals surface area (Å²) >= 11 is 7.54. The van der Waals surface area contributed by atoms with E-state index in [-0.39, 0.29) is 18.2 Å². The first kappa shape index (κ1) is 20.8. The van der Waals surface area contributed by atoms with Gasteiger partial charge in [0.15, 0.2) is 6.35 Å². The molecule has 8 nitrogen and oxygen atoms in total. The molecule has 30 heavy (non-hydrogen) atoms. The molecule has 2 aliphatic heterocycles. The van der Waals surface area contributed by atoms with Gasteiger partial charge in [0, 0.05) is 40.5 Å². The number of halogens is 1. The monoisotopic (exact) mass is 448 g/mol. The van der Waals surface area contributed by atoms with Crippen molar-refractivity contribution in [1.82, 2.24) is 15.5 Å². The molecule has 4 N–H and O–H groups in total. The lowest BCUT2D eigenvalue weighted by molar-refractivity contribution is -0.136. The van der Waals surface area contributed by atoms with E-state index in [1.54, 1.807) is 11.4 Å². The second-order valence-corrected chi connectivity index (χ2v) is 8.71. The van der Waals surface area contributed by atoms with E-state index in [0.717, 1.165) is 16.0 Å². The minimum Gasteiger partial charge on any atom is -0.361 e. The minimum absolute atomic E-state index is 0.199. The van der Waals surface area contributed by atoms with Crippen molar-refractivity contribution in [3.63, 3.8) is 0 Å². The summed E-state index contributed by atoms with van der Waals surface area (Å²) in [4.78, 5) is 38.7. The van der Waals surface area contributed by atoms with Crippen LogP contribution in [0.1, 0.15) is 39.2 Å². The number of thiophene rings is 1. The van der Waals surface area contributed by atoms with E-state index in [4.69, 9.17) is 11.6 Å². The number of benzene rings is 1. The fourth-order valence-electron chi connectivity index (χ4n) is 3.63. The van der Waals surface area contributed by atoms with Crippen LogP contribution in [-0.4, -0.2) is 40.1 Å². The summed E-state index contributed by atoms with van der Waals surface area (Å²) in [5, 5.41) is 20.8. The summed E-state index contributed by atoms with van der Waals surface area (Å²) < 4.78 is 0. The molecule has 1 fully saturated rings. The van der Waals surface area contributed by atoms with Crippen LogP contribution in [0, 0.1) is 6.92 Å². The predicted molar refractivity (Wildman–Crippen MR) is 113 cm³/mol. The molecular formula is C20H21ClN4O4S. The van der Waals surface area contributed by atoms with Gasteiger partial charge in [-0.1, -0.05) is 17.7 Å². The van der Waals surface area contributed by atoms with Gasteiger partial charge in [0.1, 0.15) is 6.04 Å². The van der Waals surface area contributed by atoms with E-state index in [1.165, 1.54) is 16.2 Å². The molecule has 0 radical (unpaired) electrons. The third-order valence-corrected chi connectivity index (χ3v) is 6.75. The molecule has 0 spiro atoms. The molecule has 0 aliphatic carbocycles. The van der Waals surface area contributed by atoms with Gasteiger partial charge in [0.25, 0.3) is 5.91 Å². The summed E-state index contributed by atoms with van der Waals surface area (Å²) in [5.41, 5.74) is 3.06. The standard InChI is InChI=1S/C20H21ClN4O4S/c1-10-2-3-11(6-14(10)21)23-20(29)22-7-16-12-8-25(19(28)13(12)9-30-16)15-4-5-17(26)24-18(15)27/h2-3,6,9,15,20,22-23,29H,4-5,7-8H2,1H3,(H,24,26,27)/t15-,20?/m0/s1. The fourth-order valence-corrected chi connectivity index (χ4v) is 4.80. The number of aryl methyl sites for hydroxylation is 1. The Balaban J connectivity index is 1.38. The Hall–Kier alpha value is -2.46. The smallest absolute Gasteiger partial charge is 0.256 e. The molecule has 2 aromatic rings. The topological polar surface area (TPSA) is 111 Å². The number of anilines is 1. The first-order valence-electron chi connectivity index (χ1n) is 9.51. The highest BCUT2D eigenvalue weighted by Gasteiger charge is 2.40. The van der Waals surface area contributed by atoms with Gasteiger partial charge in [-0.15, -0.1) is 11.3 Å². The van der Waals surface area contributed by atoms with Gasteiger partial charge < -0.3 is 15.3 Å². The van der Waals surface area contributed by atoms with Gasteiger partial charge in [0.2, 0.25) is 11.8 Å². The highest BCUT2D eigenvalue weighted by Crippen LogP contribution is 2.33. The number of fused-ring (bicyclic) bond motifs is 1. The average Bonchev–Trinajstić information content (AvgIpc) is 3.23. The van der Waals surface area contributed by atoms with Gasteiger partial charge in [-0.05, 0) is 36.6 Å². The van der Waals surface area contributed by atoms with Crippen LogP contribution in [0.3, 0.4) is 0 Å². The third-order valence-electron chi connectivity index (χ3n) is 5.32. The number of carbonyl (C=O) groups excluding carboxylic acids is 3. The van der Waals surface area contributed by atoms with Crippen molar-refractivity contribution in [2.24, 2.45) is 0 Å². The van der Waals surface area contributed by atoms with Crippen molar-refractivity contribution >= 4 is 46.3 Å². The number of piperidine rings is 1. The lowest BCUT2D eigenvalue weighted by Gasteiger charge is -2.29. The Morgan fingerprint density at radius 1 is 1.37 bits per heavy atom. The van der Waals surface area contributed by atoms with E-state index in [9.17, 15) is 19.5 Å². The van der Waals surface area contributed by atoms with E-state index in [1.807, 2.05) is 19.1 Å². The van der Waals surface area contributed by atoms with Crippen molar-refractivity contribution in [2.45, 2.75) is 45.2 Å². The van der Waals surface area contributed by atoms with Gasteiger partial charge in [-0.2, -0.15) is 0 Å². The van der Waals surface area contributed by atoms with Crippen LogP contribution in [0.4, 0.5) is 5.69 Å². The molecule has 2 atom stereocenters. The molecule has 1 saturated heterocycles. The summed E-state index contributed by atoms with van der Waals surface area (Å²) in [5.74, 6) is -0.933. The molecule has 3 heterocycles. The van der Waals surface area contributed by atoms with Crippen molar-refractivity contribution in [3.05, 3.63) is 50.2 Å². The highest BCUT2D eigenvalue weighted by atomic mass is 35.5. The summed E-state index contributed by atoms with van der Waals surface area (Å²) in [6.07, 6.45) is -0.452. The molecular weight excluding hydrogens is 428 g/mol. The third kappa shape index (κ3) is 4.06. The first-order chi connectivity index (χ1) is 14.3. The normalized spacial score (nSPS) is 19.6. The maximum Gasteiger partial charge on any atom is 0.256 e. The van der Waals surface area contributed by atoms with Gasteiger partial charge in [-0.3, -0.25) is 25.0 Å². The largest absolute Gasteiger partial charge is 0.361 e. The maximum absolute atomic E-state index is 12.7. The lowest BCUT2D eigenvalue weighted by Crippen LogP contribution is -2.52. The second kappa shape index (κ2) is 8.35. The summed E-state index contributed by atoms with van der Waals surface area (Å²) in [7, 11) is 0. The van der Waals surface area contributed by atoms with Crippen LogP contribution in [-0.2, 0) is 22.7 Å². The van der Waals surface area contributed by atoms with Crippen LogP contribution in [0.2, 0.25) is 5.02 Å². The Kier molecular flexibility index (Phi) is 5.79. The number of imide groups is 1. The van der Waals surface area contributed by atoms with E-state index >= 15 is 0 Å². The van der Waals surface area contributed by atoms with Crippen LogP contribution < -0.4 is 16.0 Å². The number of amides is 3. The van der Waals surface area contributed by atoms with Crippen LogP contribution >= 0.6 is 22.9 Å². The predicted octanol–water partition coefficient (Wildman–Crippen LogP) is 1.95. The van der Waals surface area contributed by atoms with Crippen LogP contribution in [0.15, 0.2) is 23.6 Å². The molecule has 0 bridgehead atoms. The number of carbonyl (C=O) groups is 3. The molecule has 1 unspecified atom stereocenters. The number of nitrogens with one attached hydrogen (secondary N) is 3. The zero-order valence-electron chi connectivity index (χ0n) is 16.2. The molecule has 2 aliphatic rings. The number of nitrogens with zero attached hydrogens (tertiary/aromatic N) is 1. The molecule has 0 saturated carbocycles. The molecule has 4 rings (SSSR count). The van der Waals surface area contributed by atoms with Gasteiger partial charge in [-0.25, -0.2) is 0 Å². The summed E-state index contributed by atoms with van der Waals surface area (Å²) in [6.45, 7) is 2.57. The number of aliphatic hydroxyl groups excluding tert-OH is 1. The Bertz CT molecular complexity index is 1020. The maximum atomic E-state index is 12.7. The van der Waals surface area contributed by atoms with Crippen LogP contribution in [0.25, 0.3) is 0 Å². The Morgan fingerprint density at radius 3 is 2.90 bits per heavy atom. The number of rotatable bonds is 6. The second-order valence-electron chi connectivity index (χ2n) is 7.34. The van der Waals surface area contributed by atoms with Crippen molar-refractivity contribution in [2.75, 3.05) is 5.32 Å². The minimum atomic E-state index is -1.01. The summed E-state index contributed by atoms with van der Waals surface area (Å²) in [6, 6.07) is 4.79. The number of hydrogen-bond donors (Lipinski definition) is 4. The molecule has 158 valence electrons. The Morgan fingerprint density at radius 2 is 2.17 bits per heavy atom. The number of hydrogen-bond acceptors (Lipinski definition) is 7. The highest BCUT2D eigenvalue weighted by molar-refractivity contribution is 7.10. The molecule has 3 amide bonds. The Labute approximate surface area is 182 Å². The first-order valence-corrected chi connectivity index (χ1v) is 10.8. The van der Waals surface area contributed by atoms with Gasteiger partial charge >= 0.3 is 0 Å². The SMILES string of the molecule is Cc1ccc(NC(O)NCc2scc3c2CN([C@H]2CCC(=O)NC2=O)C3=O)cc1Cl.